The van der Waals surface area contributed by atoms with Gasteiger partial charge in [0, 0.05) is 19.0 Å². The van der Waals surface area contributed by atoms with Crippen LogP contribution in [-0.4, -0.2) is 12.5 Å². The summed E-state index contributed by atoms with van der Waals surface area (Å²) in [4.78, 5) is 11.8. The van der Waals surface area contributed by atoms with Gasteiger partial charge in [-0.15, -0.1) is 0 Å². The summed E-state index contributed by atoms with van der Waals surface area (Å²) in [5.74, 6) is 2.01. The minimum atomic E-state index is -0.349. The van der Waals surface area contributed by atoms with E-state index in [-0.39, 0.29) is 11.7 Å². The first-order valence-corrected chi connectivity index (χ1v) is 7.98. The quantitative estimate of drug-likeness (QED) is 0.679. The van der Waals surface area contributed by atoms with E-state index in [0.717, 1.165) is 11.5 Å². The molecule has 0 aliphatic rings. The molecular weight excluding hydrogens is 321 g/mol. The fraction of sp³-hybridized carbons (Fsp3) is 0.150. The number of benzene rings is 1. The van der Waals surface area contributed by atoms with Crippen LogP contribution in [0.5, 0.6) is 0 Å². The van der Waals surface area contributed by atoms with Crippen LogP contribution >= 0.6 is 0 Å². The van der Waals surface area contributed by atoms with E-state index in [9.17, 15) is 9.18 Å². The van der Waals surface area contributed by atoms with Crippen LogP contribution in [0.15, 0.2) is 63.4 Å². The summed E-state index contributed by atoms with van der Waals surface area (Å²) >= 11 is 0. The maximum Gasteiger partial charge on any atom is 0.244 e. The average Bonchev–Trinajstić information content (AvgIpc) is 3.22. The van der Waals surface area contributed by atoms with E-state index in [0.29, 0.717) is 30.0 Å². The minimum absolute atomic E-state index is 0.230. The highest BCUT2D eigenvalue weighted by Crippen LogP contribution is 2.25. The lowest BCUT2D eigenvalue weighted by atomic mass is 10.1. The molecule has 0 atom stereocenters. The zero-order valence-corrected chi connectivity index (χ0v) is 13.8. The summed E-state index contributed by atoms with van der Waals surface area (Å²) in [6, 6.07) is 13.5. The van der Waals surface area contributed by atoms with Crippen molar-refractivity contribution in [2.24, 2.45) is 0 Å². The molecule has 0 spiro atoms. The summed E-state index contributed by atoms with van der Waals surface area (Å²) in [6.07, 6.45) is 3.57. The van der Waals surface area contributed by atoms with Gasteiger partial charge >= 0.3 is 0 Å². The topological polar surface area (TPSA) is 55.4 Å². The first-order chi connectivity index (χ1) is 12.1. The van der Waals surface area contributed by atoms with Gasteiger partial charge in [0.1, 0.15) is 28.9 Å². The molecule has 5 heteroatoms. The molecule has 25 heavy (non-hydrogen) atoms. The molecule has 0 aliphatic heterocycles. The van der Waals surface area contributed by atoms with Crippen LogP contribution in [0.2, 0.25) is 0 Å². The number of hydrogen-bond donors (Lipinski definition) is 1. The van der Waals surface area contributed by atoms with Crippen molar-refractivity contribution in [3.8, 4) is 11.3 Å². The monoisotopic (exact) mass is 339 g/mol. The maximum atomic E-state index is 13.7. The number of aryl methyl sites for hydroxylation is 1. The third-order valence-electron chi connectivity index (χ3n) is 3.63. The lowest BCUT2D eigenvalue weighted by Crippen LogP contribution is -2.23. The van der Waals surface area contributed by atoms with Crippen LogP contribution in [0.25, 0.3) is 17.4 Å². The Morgan fingerprint density at radius 1 is 1.12 bits per heavy atom. The third kappa shape index (κ3) is 4.47. The Morgan fingerprint density at radius 2 is 1.96 bits per heavy atom. The number of carbonyl (C=O) groups is 1. The minimum Gasteiger partial charge on any atom is -0.466 e. The second-order valence-corrected chi connectivity index (χ2v) is 5.57. The molecule has 3 rings (SSSR count). The Hall–Kier alpha value is -3.08. The molecule has 0 radical (unpaired) electrons. The number of carbonyl (C=O) groups excluding carboxylic acids is 1. The predicted octanol–water partition coefficient (Wildman–Crippen LogP) is 4.36. The molecule has 2 aromatic heterocycles. The predicted molar refractivity (Wildman–Crippen MR) is 93.3 cm³/mol. The first kappa shape index (κ1) is 16.8. The molecule has 0 saturated heterocycles. The zero-order chi connectivity index (χ0) is 17.6. The molecular formula is C20H18FNO3. The fourth-order valence-electron chi connectivity index (χ4n) is 2.39. The van der Waals surface area contributed by atoms with E-state index in [1.807, 2.05) is 19.1 Å². The van der Waals surface area contributed by atoms with Crippen LogP contribution in [0, 0.1) is 12.7 Å². The van der Waals surface area contributed by atoms with Crippen LogP contribution in [0.1, 0.15) is 17.3 Å². The van der Waals surface area contributed by atoms with E-state index >= 15 is 0 Å². The Labute approximate surface area is 145 Å². The molecule has 4 nitrogen and oxygen atoms in total. The van der Waals surface area contributed by atoms with Crippen molar-refractivity contribution in [2.75, 3.05) is 6.54 Å². The van der Waals surface area contributed by atoms with E-state index in [4.69, 9.17) is 8.83 Å². The normalized spacial score (nSPS) is 11.1. The molecule has 0 bridgehead atoms. The van der Waals surface area contributed by atoms with Gasteiger partial charge in [-0.25, -0.2) is 4.39 Å². The number of rotatable bonds is 6. The summed E-state index contributed by atoms with van der Waals surface area (Å²) in [7, 11) is 0. The highest BCUT2D eigenvalue weighted by Gasteiger charge is 2.08. The summed E-state index contributed by atoms with van der Waals surface area (Å²) < 4.78 is 24.7. The number of halogens is 1. The van der Waals surface area contributed by atoms with Crippen molar-refractivity contribution in [2.45, 2.75) is 13.3 Å². The molecule has 1 aromatic carbocycles. The second-order valence-electron chi connectivity index (χ2n) is 5.57. The molecule has 3 aromatic rings. The molecule has 1 amide bonds. The van der Waals surface area contributed by atoms with Crippen LogP contribution in [0.4, 0.5) is 4.39 Å². The van der Waals surface area contributed by atoms with Gasteiger partial charge in [0.05, 0.1) is 5.56 Å². The van der Waals surface area contributed by atoms with Crippen LogP contribution in [0.3, 0.4) is 0 Å². The zero-order valence-electron chi connectivity index (χ0n) is 13.8. The van der Waals surface area contributed by atoms with Gasteiger partial charge < -0.3 is 14.2 Å². The van der Waals surface area contributed by atoms with Crippen LogP contribution < -0.4 is 5.32 Å². The SMILES string of the molecule is Cc1ccc(CCNC(=O)/C=C/c2ccc(-c3ccccc3F)o2)o1. The largest absolute Gasteiger partial charge is 0.466 e. The van der Waals surface area contributed by atoms with Crippen molar-refractivity contribution in [1.82, 2.24) is 5.32 Å². The van der Waals surface area contributed by atoms with Crippen molar-refractivity contribution in [3.63, 3.8) is 0 Å². The smallest absolute Gasteiger partial charge is 0.244 e. The van der Waals surface area contributed by atoms with E-state index in [1.165, 1.54) is 12.1 Å². The molecule has 2 heterocycles. The average molecular weight is 339 g/mol. The van der Waals surface area contributed by atoms with Gasteiger partial charge in [0.2, 0.25) is 5.91 Å². The lowest BCUT2D eigenvalue weighted by molar-refractivity contribution is -0.116. The van der Waals surface area contributed by atoms with Crippen molar-refractivity contribution < 1.29 is 18.0 Å². The van der Waals surface area contributed by atoms with Crippen molar-refractivity contribution in [1.29, 1.82) is 0 Å². The Balaban J connectivity index is 1.53. The van der Waals surface area contributed by atoms with Gasteiger partial charge in [0.25, 0.3) is 0 Å². The number of furan rings is 2. The molecule has 0 aliphatic carbocycles. The van der Waals surface area contributed by atoms with Gasteiger partial charge in [0.15, 0.2) is 0 Å². The number of hydrogen-bond acceptors (Lipinski definition) is 3. The van der Waals surface area contributed by atoms with E-state index < -0.39 is 0 Å². The van der Waals surface area contributed by atoms with Gasteiger partial charge in [-0.2, -0.15) is 0 Å². The van der Waals surface area contributed by atoms with Crippen molar-refractivity contribution in [3.05, 3.63) is 77.7 Å². The molecule has 1 N–H and O–H groups in total. The Morgan fingerprint density at radius 3 is 2.72 bits per heavy atom. The third-order valence-corrected chi connectivity index (χ3v) is 3.63. The van der Waals surface area contributed by atoms with Gasteiger partial charge in [-0.05, 0) is 49.4 Å². The van der Waals surface area contributed by atoms with Gasteiger partial charge in [-0.3, -0.25) is 4.79 Å². The molecule has 0 fully saturated rings. The Bertz CT molecular complexity index is 892. The first-order valence-electron chi connectivity index (χ1n) is 7.98. The van der Waals surface area contributed by atoms with Crippen LogP contribution in [-0.2, 0) is 11.2 Å². The highest BCUT2D eigenvalue weighted by molar-refractivity contribution is 5.91. The fourth-order valence-corrected chi connectivity index (χ4v) is 2.39. The maximum absolute atomic E-state index is 13.7. The number of amides is 1. The van der Waals surface area contributed by atoms with E-state index in [1.54, 1.807) is 36.4 Å². The highest BCUT2D eigenvalue weighted by atomic mass is 19.1. The lowest BCUT2D eigenvalue weighted by Gasteiger charge is -2.00. The molecule has 0 saturated carbocycles. The second kappa shape index (κ2) is 7.66. The van der Waals surface area contributed by atoms with Gasteiger partial charge in [-0.1, -0.05) is 12.1 Å². The summed E-state index contributed by atoms with van der Waals surface area (Å²) in [5, 5.41) is 2.77. The van der Waals surface area contributed by atoms with E-state index in [2.05, 4.69) is 5.32 Å². The molecule has 128 valence electrons. The summed E-state index contributed by atoms with van der Waals surface area (Å²) in [6.45, 7) is 2.36. The standard InChI is InChI=1S/C20H18FNO3/c1-14-6-7-16(24-14)12-13-22-20(23)11-9-15-8-10-19(25-15)17-4-2-3-5-18(17)21/h2-11H,12-13H2,1H3,(H,22,23)/b11-9+. The molecule has 0 unspecified atom stereocenters. The summed E-state index contributed by atoms with van der Waals surface area (Å²) in [5.41, 5.74) is 0.389. The number of nitrogens with one attached hydrogen (secondary N) is 1. The Kier molecular flexibility index (Phi) is 5.14. The van der Waals surface area contributed by atoms with Crippen molar-refractivity contribution >= 4 is 12.0 Å².